The summed E-state index contributed by atoms with van der Waals surface area (Å²) in [7, 11) is 5.61. The molecule has 1 aromatic carbocycles. The lowest BCUT2D eigenvalue weighted by atomic mass is 10.0. The molecule has 1 aliphatic rings. The second kappa shape index (κ2) is 4.81. The van der Waals surface area contributed by atoms with Gasteiger partial charge in [0.05, 0.1) is 7.11 Å². The van der Waals surface area contributed by atoms with Gasteiger partial charge in [-0.3, -0.25) is 0 Å². The van der Waals surface area contributed by atoms with E-state index >= 15 is 0 Å². The molecule has 5 nitrogen and oxygen atoms in total. The van der Waals surface area contributed by atoms with Gasteiger partial charge in [-0.1, -0.05) is 0 Å². The van der Waals surface area contributed by atoms with Crippen LogP contribution >= 0.6 is 0 Å². The van der Waals surface area contributed by atoms with E-state index in [1.165, 1.54) is 0 Å². The first-order valence-corrected chi connectivity index (χ1v) is 5.51. The molecule has 1 aliphatic heterocycles. The van der Waals surface area contributed by atoms with Crippen LogP contribution in [0.5, 0.6) is 17.2 Å². The predicted octanol–water partition coefficient (Wildman–Crippen LogP) is 0.985. The lowest BCUT2D eigenvalue weighted by Crippen LogP contribution is -2.27. The Hall–Kier alpha value is -1.46. The fraction of sp³-hybridized carbons (Fsp3) is 0.500. The van der Waals surface area contributed by atoms with E-state index in [2.05, 4.69) is 4.90 Å². The maximum absolute atomic E-state index is 5.79. The average Bonchev–Trinajstić information content (AvgIpc) is 2.76. The van der Waals surface area contributed by atoms with Gasteiger partial charge in [0, 0.05) is 12.6 Å². The van der Waals surface area contributed by atoms with Crippen LogP contribution in [0.15, 0.2) is 12.1 Å². The van der Waals surface area contributed by atoms with Crippen LogP contribution < -0.4 is 19.9 Å². The Balaban J connectivity index is 2.42. The van der Waals surface area contributed by atoms with Gasteiger partial charge < -0.3 is 24.8 Å². The highest BCUT2D eigenvalue weighted by atomic mass is 16.7. The standard InChI is InChI=1S/C12H18N2O3/c1-14(2)9(6-13)8-4-10(15-3)12-11(5-8)16-7-17-12/h4-5,9H,6-7,13H2,1-3H3. The van der Waals surface area contributed by atoms with Crippen molar-refractivity contribution in [2.24, 2.45) is 5.73 Å². The molecule has 1 unspecified atom stereocenters. The molecule has 94 valence electrons. The van der Waals surface area contributed by atoms with E-state index in [4.69, 9.17) is 19.9 Å². The van der Waals surface area contributed by atoms with Crippen molar-refractivity contribution in [3.8, 4) is 17.2 Å². The fourth-order valence-electron chi connectivity index (χ4n) is 1.99. The zero-order valence-corrected chi connectivity index (χ0v) is 10.4. The molecular formula is C12H18N2O3. The van der Waals surface area contributed by atoms with Gasteiger partial charge in [-0.05, 0) is 31.8 Å². The lowest BCUT2D eigenvalue weighted by molar-refractivity contribution is 0.171. The van der Waals surface area contributed by atoms with E-state index in [-0.39, 0.29) is 12.8 Å². The monoisotopic (exact) mass is 238 g/mol. The molecule has 0 radical (unpaired) electrons. The van der Waals surface area contributed by atoms with Crippen LogP contribution in [0.3, 0.4) is 0 Å². The summed E-state index contributed by atoms with van der Waals surface area (Å²) >= 11 is 0. The van der Waals surface area contributed by atoms with E-state index in [0.29, 0.717) is 18.0 Å². The van der Waals surface area contributed by atoms with E-state index < -0.39 is 0 Å². The SMILES string of the molecule is COc1cc(C(CN)N(C)C)cc2c1OCO2. The normalized spacial score (nSPS) is 15.1. The minimum absolute atomic E-state index is 0.137. The summed E-state index contributed by atoms with van der Waals surface area (Å²) in [4.78, 5) is 2.07. The third-order valence-corrected chi connectivity index (χ3v) is 2.91. The Morgan fingerprint density at radius 3 is 2.76 bits per heavy atom. The van der Waals surface area contributed by atoms with E-state index in [0.717, 1.165) is 11.3 Å². The van der Waals surface area contributed by atoms with Crippen LogP contribution in [0.4, 0.5) is 0 Å². The van der Waals surface area contributed by atoms with E-state index in [1.807, 2.05) is 26.2 Å². The Morgan fingerprint density at radius 2 is 2.18 bits per heavy atom. The molecular weight excluding hydrogens is 220 g/mol. The second-order valence-electron chi connectivity index (χ2n) is 4.17. The first-order chi connectivity index (χ1) is 8.17. The Labute approximate surface area is 101 Å². The molecule has 1 aromatic rings. The van der Waals surface area contributed by atoms with Gasteiger partial charge in [-0.25, -0.2) is 0 Å². The smallest absolute Gasteiger partial charge is 0.231 e. The zero-order chi connectivity index (χ0) is 12.4. The highest BCUT2D eigenvalue weighted by Gasteiger charge is 2.23. The molecule has 1 heterocycles. The van der Waals surface area contributed by atoms with Gasteiger partial charge in [0.2, 0.25) is 12.5 Å². The molecule has 0 fully saturated rings. The molecule has 17 heavy (non-hydrogen) atoms. The number of likely N-dealkylation sites (N-methyl/N-ethyl adjacent to an activating group) is 1. The van der Waals surface area contributed by atoms with Gasteiger partial charge in [0.1, 0.15) is 0 Å². The number of hydrogen-bond acceptors (Lipinski definition) is 5. The predicted molar refractivity (Wildman–Crippen MR) is 64.6 cm³/mol. The Bertz CT molecular complexity index is 407. The highest BCUT2D eigenvalue weighted by Crippen LogP contribution is 2.43. The molecule has 0 bridgehead atoms. The Kier molecular flexibility index (Phi) is 3.40. The van der Waals surface area contributed by atoms with Gasteiger partial charge in [0.25, 0.3) is 0 Å². The zero-order valence-electron chi connectivity index (χ0n) is 10.4. The topological polar surface area (TPSA) is 57.0 Å². The third-order valence-electron chi connectivity index (χ3n) is 2.91. The first kappa shape index (κ1) is 12.0. The van der Waals surface area contributed by atoms with Crippen LogP contribution in [0.1, 0.15) is 11.6 Å². The van der Waals surface area contributed by atoms with Crippen molar-refractivity contribution in [3.05, 3.63) is 17.7 Å². The lowest BCUT2D eigenvalue weighted by Gasteiger charge is -2.23. The number of methoxy groups -OCH3 is 1. The van der Waals surface area contributed by atoms with Gasteiger partial charge in [-0.2, -0.15) is 0 Å². The number of benzene rings is 1. The first-order valence-electron chi connectivity index (χ1n) is 5.51. The molecule has 2 rings (SSSR count). The summed E-state index contributed by atoms with van der Waals surface area (Å²) in [6, 6.07) is 4.05. The molecule has 5 heteroatoms. The number of hydrogen-bond donors (Lipinski definition) is 1. The summed E-state index contributed by atoms with van der Waals surface area (Å²) in [5, 5.41) is 0. The molecule has 0 aromatic heterocycles. The minimum atomic E-state index is 0.137. The largest absolute Gasteiger partial charge is 0.493 e. The molecule has 0 saturated carbocycles. The molecule has 0 amide bonds. The third kappa shape index (κ3) is 2.16. The Morgan fingerprint density at radius 1 is 1.41 bits per heavy atom. The van der Waals surface area contributed by atoms with Crippen molar-refractivity contribution in [3.63, 3.8) is 0 Å². The quantitative estimate of drug-likeness (QED) is 0.847. The minimum Gasteiger partial charge on any atom is -0.493 e. The van der Waals surface area contributed by atoms with Crippen molar-refractivity contribution >= 4 is 0 Å². The van der Waals surface area contributed by atoms with E-state index in [9.17, 15) is 0 Å². The maximum Gasteiger partial charge on any atom is 0.231 e. The average molecular weight is 238 g/mol. The highest BCUT2D eigenvalue weighted by molar-refractivity contribution is 5.55. The summed E-state index contributed by atoms with van der Waals surface area (Å²) in [5.41, 5.74) is 6.86. The van der Waals surface area contributed by atoms with E-state index in [1.54, 1.807) is 7.11 Å². The summed E-state index contributed by atoms with van der Waals surface area (Å²) in [6.07, 6.45) is 0. The summed E-state index contributed by atoms with van der Waals surface area (Å²) in [5.74, 6) is 2.08. The molecule has 1 atom stereocenters. The van der Waals surface area contributed by atoms with Crippen molar-refractivity contribution in [1.29, 1.82) is 0 Å². The van der Waals surface area contributed by atoms with Crippen molar-refractivity contribution in [1.82, 2.24) is 4.90 Å². The molecule has 0 saturated heterocycles. The molecule has 0 aliphatic carbocycles. The van der Waals surface area contributed by atoms with Crippen molar-refractivity contribution in [2.45, 2.75) is 6.04 Å². The summed E-state index contributed by atoms with van der Waals surface area (Å²) in [6.45, 7) is 0.778. The number of ether oxygens (including phenoxy) is 3. The van der Waals surface area contributed by atoms with Crippen molar-refractivity contribution in [2.75, 3.05) is 34.5 Å². The second-order valence-corrected chi connectivity index (χ2v) is 4.17. The van der Waals surface area contributed by atoms with Crippen molar-refractivity contribution < 1.29 is 14.2 Å². The van der Waals surface area contributed by atoms with Gasteiger partial charge in [0.15, 0.2) is 11.5 Å². The maximum atomic E-state index is 5.79. The van der Waals surface area contributed by atoms with Crippen LogP contribution in [-0.2, 0) is 0 Å². The molecule has 0 spiro atoms. The van der Waals surface area contributed by atoms with Crippen LogP contribution in [0.2, 0.25) is 0 Å². The van der Waals surface area contributed by atoms with Crippen LogP contribution in [0.25, 0.3) is 0 Å². The van der Waals surface area contributed by atoms with Gasteiger partial charge in [-0.15, -0.1) is 0 Å². The number of nitrogens with zero attached hydrogens (tertiary/aromatic N) is 1. The van der Waals surface area contributed by atoms with Gasteiger partial charge >= 0.3 is 0 Å². The number of rotatable bonds is 4. The van der Waals surface area contributed by atoms with Crippen LogP contribution in [0, 0.1) is 0 Å². The van der Waals surface area contributed by atoms with Crippen LogP contribution in [-0.4, -0.2) is 39.4 Å². The number of fused-ring (bicyclic) bond motifs is 1. The summed E-state index contributed by atoms with van der Waals surface area (Å²) < 4.78 is 16.1. The fourth-order valence-corrected chi connectivity index (χ4v) is 1.99. The molecule has 2 N–H and O–H groups in total. The number of nitrogens with two attached hydrogens (primary N) is 1.